The zero-order valence-corrected chi connectivity index (χ0v) is 11.6. The quantitative estimate of drug-likeness (QED) is 0.743. The lowest BCUT2D eigenvalue weighted by Gasteiger charge is -2.27. The summed E-state index contributed by atoms with van der Waals surface area (Å²) in [6.45, 7) is 2.67. The second-order valence-corrected chi connectivity index (χ2v) is 5.38. The Balaban J connectivity index is 1.57. The summed E-state index contributed by atoms with van der Waals surface area (Å²) < 4.78 is 0. The lowest BCUT2D eigenvalue weighted by Crippen LogP contribution is -2.31. The van der Waals surface area contributed by atoms with Crippen LogP contribution < -0.4 is 5.73 Å². The average molecular weight is 280 g/mol. The van der Waals surface area contributed by atoms with Crippen molar-refractivity contribution >= 4 is 16.9 Å². The second kappa shape index (κ2) is 4.82. The molecular weight excluding hydrogens is 264 g/mol. The Morgan fingerprint density at radius 2 is 2.19 bits per heavy atom. The number of fused-ring (bicyclic) bond motifs is 2. The van der Waals surface area contributed by atoms with Gasteiger partial charge in [0.05, 0.1) is 16.9 Å². The zero-order chi connectivity index (χ0) is 14.2. The summed E-state index contributed by atoms with van der Waals surface area (Å²) in [5.74, 6) is 0.363. The molecule has 2 aromatic heterocycles. The van der Waals surface area contributed by atoms with Gasteiger partial charge in [-0.15, -0.1) is 0 Å². The van der Waals surface area contributed by atoms with E-state index < -0.39 is 0 Å². The van der Waals surface area contributed by atoms with Gasteiger partial charge >= 0.3 is 0 Å². The van der Waals surface area contributed by atoms with E-state index in [1.54, 1.807) is 0 Å². The molecule has 0 amide bonds. The van der Waals surface area contributed by atoms with E-state index in [4.69, 9.17) is 5.73 Å². The maximum atomic E-state index is 5.64. The van der Waals surface area contributed by atoms with E-state index in [-0.39, 0.29) is 0 Å². The number of nitrogens with two attached hydrogens (primary N) is 1. The van der Waals surface area contributed by atoms with Gasteiger partial charge < -0.3 is 5.73 Å². The van der Waals surface area contributed by atoms with Crippen LogP contribution in [-0.2, 0) is 19.5 Å². The molecular formula is C15H16N6. The first kappa shape index (κ1) is 12.3. The lowest BCUT2D eigenvalue weighted by molar-refractivity contribution is 0.241. The van der Waals surface area contributed by atoms with E-state index in [2.05, 4.69) is 31.1 Å². The second-order valence-electron chi connectivity index (χ2n) is 5.38. The van der Waals surface area contributed by atoms with Gasteiger partial charge in [0.2, 0.25) is 5.95 Å². The van der Waals surface area contributed by atoms with Gasteiger partial charge in [0.15, 0.2) is 0 Å². The zero-order valence-electron chi connectivity index (χ0n) is 11.6. The monoisotopic (exact) mass is 280 g/mol. The molecule has 1 aliphatic heterocycles. The van der Waals surface area contributed by atoms with Crippen LogP contribution in [-0.4, -0.2) is 31.6 Å². The van der Waals surface area contributed by atoms with Crippen molar-refractivity contribution in [1.29, 1.82) is 0 Å². The molecule has 0 unspecified atom stereocenters. The molecule has 0 aliphatic carbocycles. The summed E-state index contributed by atoms with van der Waals surface area (Å²) >= 11 is 0. The topological polar surface area (TPSA) is 83.7 Å². The molecule has 3 N–H and O–H groups in total. The molecule has 3 aromatic rings. The standard InChI is InChI=1S/C15H16N6/c16-15-17-7-10-8-21(6-5-12(10)18-15)9-14-11-3-1-2-4-13(11)19-20-14/h1-4,7H,5-6,8-9H2,(H,19,20)(H2,16,17,18). The van der Waals surface area contributed by atoms with Crippen LogP contribution in [0.3, 0.4) is 0 Å². The summed E-state index contributed by atoms with van der Waals surface area (Å²) in [6, 6.07) is 8.18. The van der Waals surface area contributed by atoms with Crippen LogP contribution in [0.2, 0.25) is 0 Å². The summed E-state index contributed by atoms with van der Waals surface area (Å²) in [4.78, 5) is 10.8. The molecule has 3 heterocycles. The number of aromatic nitrogens is 4. The number of nitrogen functional groups attached to an aromatic ring is 1. The fourth-order valence-electron chi connectivity index (χ4n) is 2.88. The summed E-state index contributed by atoms with van der Waals surface area (Å²) in [6.07, 6.45) is 2.75. The summed E-state index contributed by atoms with van der Waals surface area (Å²) in [5.41, 5.74) is 10.1. The molecule has 0 saturated heterocycles. The maximum Gasteiger partial charge on any atom is 0.220 e. The highest BCUT2D eigenvalue weighted by Gasteiger charge is 2.19. The first-order valence-corrected chi connectivity index (χ1v) is 7.04. The first-order chi connectivity index (χ1) is 10.3. The summed E-state index contributed by atoms with van der Waals surface area (Å²) in [7, 11) is 0. The molecule has 0 radical (unpaired) electrons. The lowest BCUT2D eigenvalue weighted by atomic mass is 10.1. The molecule has 0 bridgehead atoms. The van der Waals surface area contributed by atoms with Crippen LogP contribution in [0.4, 0.5) is 5.95 Å². The van der Waals surface area contributed by atoms with Crippen molar-refractivity contribution in [2.45, 2.75) is 19.5 Å². The van der Waals surface area contributed by atoms with E-state index in [1.165, 1.54) is 10.9 Å². The van der Waals surface area contributed by atoms with Gasteiger partial charge in [-0.1, -0.05) is 18.2 Å². The van der Waals surface area contributed by atoms with Crippen molar-refractivity contribution < 1.29 is 0 Å². The van der Waals surface area contributed by atoms with Crippen LogP contribution in [0.1, 0.15) is 17.0 Å². The van der Waals surface area contributed by atoms with E-state index in [0.29, 0.717) is 5.95 Å². The Morgan fingerprint density at radius 1 is 1.29 bits per heavy atom. The number of nitrogens with zero attached hydrogens (tertiary/aromatic N) is 4. The van der Waals surface area contributed by atoms with Crippen LogP contribution in [0, 0.1) is 0 Å². The van der Waals surface area contributed by atoms with Crippen LogP contribution in [0.5, 0.6) is 0 Å². The Hall–Kier alpha value is -2.47. The van der Waals surface area contributed by atoms with Crippen molar-refractivity contribution in [2.75, 3.05) is 12.3 Å². The Labute approximate surface area is 122 Å². The number of para-hydroxylation sites is 1. The van der Waals surface area contributed by atoms with Crippen molar-refractivity contribution in [1.82, 2.24) is 25.1 Å². The number of benzene rings is 1. The van der Waals surface area contributed by atoms with Gasteiger partial charge in [0.1, 0.15) is 0 Å². The highest BCUT2D eigenvalue weighted by atomic mass is 15.2. The Bertz CT molecular complexity index is 794. The van der Waals surface area contributed by atoms with Gasteiger partial charge in [0.25, 0.3) is 0 Å². The predicted octanol–water partition coefficient (Wildman–Crippen LogP) is 1.49. The van der Waals surface area contributed by atoms with E-state index in [1.807, 2.05) is 24.4 Å². The number of rotatable bonds is 2. The first-order valence-electron chi connectivity index (χ1n) is 7.04. The number of H-pyrrole nitrogens is 1. The third-order valence-electron chi connectivity index (χ3n) is 3.95. The number of anilines is 1. The van der Waals surface area contributed by atoms with E-state index in [9.17, 15) is 0 Å². The van der Waals surface area contributed by atoms with Crippen molar-refractivity contribution in [2.24, 2.45) is 0 Å². The number of nitrogens with one attached hydrogen (secondary N) is 1. The molecule has 6 nitrogen and oxygen atoms in total. The van der Waals surface area contributed by atoms with Crippen molar-refractivity contribution in [3.8, 4) is 0 Å². The molecule has 0 spiro atoms. The summed E-state index contributed by atoms with van der Waals surface area (Å²) in [5, 5.41) is 8.69. The number of aromatic amines is 1. The van der Waals surface area contributed by atoms with Gasteiger partial charge in [0, 0.05) is 43.2 Å². The SMILES string of the molecule is Nc1ncc2c(n1)CCN(Cc1[nH]nc3ccccc13)C2. The Kier molecular flexibility index (Phi) is 2.82. The molecule has 0 fully saturated rings. The minimum Gasteiger partial charge on any atom is -0.368 e. The minimum atomic E-state index is 0.363. The number of hydrogen-bond donors (Lipinski definition) is 2. The van der Waals surface area contributed by atoms with E-state index in [0.717, 1.165) is 43.0 Å². The Morgan fingerprint density at radius 3 is 3.14 bits per heavy atom. The van der Waals surface area contributed by atoms with Crippen LogP contribution >= 0.6 is 0 Å². The third-order valence-corrected chi connectivity index (χ3v) is 3.95. The molecule has 1 aromatic carbocycles. The highest BCUT2D eigenvalue weighted by molar-refractivity contribution is 5.81. The fourth-order valence-corrected chi connectivity index (χ4v) is 2.88. The van der Waals surface area contributed by atoms with Crippen molar-refractivity contribution in [3.63, 3.8) is 0 Å². The smallest absolute Gasteiger partial charge is 0.220 e. The minimum absolute atomic E-state index is 0.363. The number of hydrogen-bond acceptors (Lipinski definition) is 5. The van der Waals surface area contributed by atoms with E-state index >= 15 is 0 Å². The molecule has 4 rings (SSSR count). The molecule has 106 valence electrons. The largest absolute Gasteiger partial charge is 0.368 e. The van der Waals surface area contributed by atoms with Gasteiger partial charge in [-0.2, -0.15) is 5.10 Å². The molecule has 1 aliphatic rings. The molecule has 21 heavy (non-hydrogen) atoms. The maximum absolute atomic E-state index is 5.64. The van der Waals surface area contributed by atoms with Crippen LogP contribution in [0.25, 0.3) is 10.9 Å². The third kappa shape index (κ3) is 2.23. The molecule has 0 atom stereocenters. The van der Waals surface area contributed by atoms with Gasteiger partial charge in [-0.25, -0.2) is 9.97 Å². The van der Waals surface area contributed by atoms with Crippen LogP contribution in [0.15, 0.2) is 30.5 Å². The van der Waals surface area contributed by atoms with Crippen molar-refractivity contribution in [3.05, 3.63) is 47.4 Å². The molecule has 0 saturated carbocycles. The highest BCUT2D eigenvalue weighted by Crippen LogP contribution is 2.21. The molecule has 6 heteroatoms. The van der Waals surface area contributed by atoms with Gasteiger partial charge in [-0.05, 0) is 6.07 Å². The predicted molar refractivity (Wildman–Crippen MR) is 80.4 cm³/mol. The van der Waals surface area contributed by atoms with Gasteiger partial charge in [-0.3, -0.25) is 10.00 Å². The average Bonchev–Trinajstić information content (AvgIpc) is 2.91. The normalized spacial score (nSPS) is 15.2. The fraction of sp³-hybridized carbons (Fsp3) is 0.267.